The van der Waals surface area contributed by atoms with Gasteiger partial charge in [0.25, 0.3) is 0 Å². The van der Waals surface area contributed by atoms with E-state index in [9.17, 15) is 0 Å². The van der Waals surface area contributed by atoms with Crippen LogP contribution in [0.25, 0.3) is 11.3 Å². The lowest BCUT2D eigenvalue weighted by molar-refractivity contribution is 0.648. The zero-order valence-electron chi connectivity index (χ0n) is 15.4. The summed E-state index contributed by atoms with van der Waals surface area (Å²) in [6.07, 6.45) is 3.38. The van der Waals surface area contributed by atoms with Crippen molar-refractivity contribution in [3.63, 3.8) is 0 Å². The molecule has 0 radical (unpaired) electrons. The Morgan fingerprint density at radius 2 is 1.57 bits per heavy atom. The molecule has 2 heteroatoms. The summed E-state index contributed by atoms with van der Waals surface area (Å²) in [5.74, 6) is 0.678. The van der Waals surface area contributed by atoms with Crippen molar-refractivity contribution in [1.29, 1.82) is 0 Å². The molecule has 124 valence electrons. The summed E-state index contributed by atoms with van der Waals surface area (Å²) in [5, 5.41) is 1.61. The molecule has 0 amide bonds. The first-order chi connectivity index (χ1) is 11.1. The van der Waals surface area contributed by atoms with Gasteiger partial charge in [0.05, 0.1) is 13.8 Å². The Morgan fingerprint density at radius 1 is 0.957 bits per heavy atom. The minimum Gasteiger partial charge on any atom is -0.256 e. The highest BCUT2D eigenvalue weighted by Gasteiger charge is 2.32. The summed E-state index contributed by atoms with van der Waals surface area (Å²) in [7, 11) is -1.39. The Balaban J connectivity index is 2.55. The van der Waals surface area contributed by atoms with Crippen LogP contribution in [0.5, 0.6) is 0 Å². The van der Waals surface area contributed by atoms with Crippen LogP contribution in [-0.4, -0.2) is 13.1 Å². The highest BCUT2D eigenvalue weighted by atomic mass is 28.3. The van der Waals surface area contributed by atoms with E-state index in [0.29, 0.717) is 5.92 Å². The second-order valence-electron chi connectivity index (χ2n) is 7.03. The van der Waals surface area contributed by atoms with E-state index in [1.807, 2.05) is 0 Å². The monoisotopic (exact) mass is 325 g/mol. The zero-order chi connectivity index (χ0) is 16.9. The average molecular weight is 326 g/mol. The van der Waals surface area contributed by atoms with E-state index < -0.39 is 8.07 Å². The molecule has 1 aromatic carbocycles. The van der Waals surface area contributed by atoms with Gasteiger partial charge in [-0.25, -0.2) is 0 Å². The summed E-state index contributed by atoms with van der Waals surface area (Å²) >= 11 is 0. The molecule has 0 unspecified atom stereocenters. The van der Waals surface area contributed by atoms with Gasteiger partial charge in [0.2, 0.25) is 0 Å². The number of rotatable bonds is 7. The van der Waals surface area contributed by atoms with Crippen LogP contribution >= 0.6 is 0 Å². The molecule has 0 spiro atoms. The normalized spacial score (nSPS) is 11.9. The molecule has 2 aromatic rings. The third-order valence-corrected chi connectivity index (χ3v) is 10.9. The summed E-state index contributed by atoms with van der Waals surface area (Å²) in [6.45, 7) is 11.8. The van der Waals surface area contributed by atoms with Crippen molar-refractivity contribution in [3.8, 4) is 11.3 Å². The van der Waals surface area contributed by atoms with Gasteiger partial charge in [0.1, 0.15) is 0 Å². The molecule has 0 atom stereocenters. The second kappa shape index (κ2) is 7.92. The maximum Gasteiger partial charge on any atom is 0.0883 e. The lowest BCUT2D eigenvalue weighted by Crippen LogP contribution is -2.48. The summed E-state index contributed by atoms with van der Waals surface area (Å²) in [6, 6.07) is 16.9. The number of hydrogen-bond acceptors (Lipinski definition) is 1. The molecule has 0 aliphatic rings. The Morgan fingerprint density at radius 3 is 2.09 bits per heavy atom. The van der Waals surface area contributed by atoms with Gasteiger partial charge in [-0.05, 0) is 29.2 Å². The molecule has 1 aromatic heterocycles. The smallest absolute Gasteiger partial charge is 0.0883 e. The van der Waals surface area contributed by atoms with Crippen molar-refractivity contribution in [2.24, 2.45) is 5.92 Å². The first-order valence-electron chi connectivity index (χ1n) is 9.11. The van der Waals surface area contributed by atoms with Crippen LogP contribution < -0.4 is 5.19 Å². The topological polar surface area (TPSA) is 12.9 Å². The molecule has 1 nitrogen and oxygen atoms in total. The number of aromatic nitrogens is 1. The molecular weight excluding hydrogens is 294 g/mol. The lowest BCUT2D eigenvalue weighted by atomic mass is 10.0. The summed E-state index contributed by atoms with van der Waals surface area (Å²) < 4.78 is 0. The molecule has 1 heterocycles. The molecule has 23 heavy (non-hydrogen) atoms. The minimum atomic E-state index is -1.39. The van der Waals surface area contributed by atoms with Gasteiger partial charge < -0.3 is 0 Å². The lowest BCUT2D eigenvalue weighted by Gasteiger charge is -2.31. The van der Waals surface area contributed by atoms with E-state index in [1.54, 1.807) is 10.8 Å². The molecule has 0 saturated heterocycles. The predicted molar refractivity (Wildman–Crippen MR) is 105 cm³/mol. The zero-order valence-corrected chi connectivity index (χ0v) is 16.4. The minimum absolute atomic E-state index is 0.678. The Kier molecular flexibility index (Phi) is 6.17. The van der Waals surface area contributed by atoms with Crippen LogP contribution in [0.1, 0.15) is 40.2 Å². The fourth-order valence-corrected chi connectivity index (χ4v) is 7.51. The third kappa shape index (κ3) is 3.92. The maximum absolute atomic E-state index is 4.86. The number of benzene rings is 1. The second-order valence-corrected chi connectivity index (χ2v) is 12.3. The van der Waals surface area contributed by atoms with Crippen molar-refractivity contribution in [1.82, 2.24) is 4.98 Å². The van der Waals surface area contributed by atoms with Gasteiger partial charge in [-0.3, -0.25) is 4.98 Å². The Labute approximate surface area is 143 Å². The molecule has 0 bridgehead atoms. The Bertz CT molecular complexity index is 607. The maximum atomic E-state index is 4.86. The number of nitrogens with zero attached hydrogens (tertiary/aromatic N) is 1. The number of hydrogen-bond donors (Lipinski definition) is 0. The summed E-state index contributed by atoms with van der Waals surface area (Å²) in [5.41, 5.74) is 3.89. The van der Waals surface area contributed by atoms with Gasteiger partial charge in [0.15, 0.2) is 0 Å². The highest BCUT2D eigenvalue weighted by molar-refractivity contribution is 6.92. The number of pyridine rings is 1. The fourth-order valence-electron chi connectivity index (χ4n) is 3.67. The van der Waals surface area contributed by atoms with Gasteiger partial charge in [-0.15, -0.1) is 0 Å². The van der Waals surface area contributed by atoms with Gasteiger partial charge >= 0.3 is 0 Å². The van der Waals surface area contributed by atoms with Crippen LogP contribution in [0.3, 0.4) is 0 Å². The van der Waals surface area contributed by atoms with Crippen molar-refractivity contribution in [2.45, 2.75) is 59.2 Å². The molecular formula is C21H31NSi. The van der Waals surface area contributed by atoms with Crippen molar-refractivity contribution < 1.29 is 0 Å². The van der Waals surface area contributed by atoms with Crippen LogP contribution in [0.15, 0.2) is 42.6 Å². The molecule has 2 rings (SSSR count). The van der Waals surface area contributed by atoms with Gasteiger partial charge in [-0.1, -0.05) is 83.1 Å². The van der Waals surface area contributed by atoms with E-state index in [0.717, 1.165) is 12.1 Å². The quantitative estimate of drug-likeness (QED) is 0.598. The van der Waals surface area contributed by atoms with E-state index in [-0.39, 0.29) is 0 Å². The van der Waals surface area contributed by atoms with E-state index in [2.05, 4.69) is 77.2 Å². The van der Waals surface area contributed by atoms with Crippen LogP contribution in [-0.2, 0) is 6.42 Å². The van der Waals surface area contributed by atoms with Crippen molar-refractivity contribution in [3.05, 3.63) is 48.2 Å². The van der Waals surface area contributed by atoms with E-state index in [1.165, 1.54) is 23.7 Å². The van der Waals surface area contributed by atoms with Gasteiger partial charge in [-0.2, -0.15) is 0 Å². The van der Waals surface area contributed by atoms with Crippen molar-refractivity contribution in [2.75, 3.05) is 0 Å². The summed E-state index contributed by atoms with van der Waals surface area (Å²) in [4.78, 5) is 4.86. The van der Waals surface area contributed by atoms with Gasteiger partial charge in [0, 0.05) is 11.8 Å². The molecule has 0 aliphatic carbocycles. The standard InChI is InChI=1S/C21H31NSi/c1-6-23(7-2,8-3)21-16-22-20(15-19(21)14-17(4)5)18-12-10-9-11-13-18/h9-13,15-17H,6-8,14H2,1-5H3. The third-order valence-electron chi connectivity index (χ3n) is 5.29. The Hall–Kier alpha value is -1.41. The highest BCUT2D eigenvalue weighted by Crippen LogP contribution is 2.25. The SMILES string of the molecule is CC[Si](CC)(CC)c1cnc(-c2ccccc2)cc1CC(C)C. The van der Waals surface area contributed by atoms with Crippen LogP contribution in [0.2, 0.25) is 18.1 Å². The fraction of sp³-hybridized carbons (Fsp3) is 0.476. The van der Waals surface area contributed by atoms with Crippen LogP contribution in [0.4, 0.5) is 0 Å². The molecule has 0 fully saturated rings. The average Bonchev–Trinajstić information content (AvgIpc) is 2.58. The van der Waals surface area contributed by atoms with Crippen LogP contribution in [0, 0.1) is 5.92 Å². The molecule has 0 N–H and O–H groups in total. The first kappa shape index (κ1) is 17.9. The first-order valence-corrected chi connectivity index (χ1v) is 11.7. The van der Waals surface area contributed by atoms with E-state index in [4.69, 9.17) is 4.98 Å². The largest absolute Gasteiger partial charge is 0.256 e. The molecule has 0 saturated carbocycles. The molecule has 0 aliphatic heterocycles. The van der Waals surface area contributed by atoms with E-state index >= 15 is 0 Å². The van der Waals surface area contributed by atoms with Crippen molar-refractivity contribution >= 4 is 13.3 Å². The predicted octanol–water partition coefficient (Wildman–Crippen LogP) is 5.66.